The van der Waals surface area contributed by atoms with Crippen molar-refractivity contribution in [2.75, 3.05) is 30.3 Å². The van der Waals surface area contributed by atoms with Crippen LogP contribution in [0.2, 0.25) is 0 Å². The standard InChI is InChI=1S/C16H19N5O/c17-15-14(18-7-8-19-15)16(22)20-10-12-6-9-21(11-12)13-4-2-1-3-5-13/h1-5,7-8,12H,6,9-11H2,(H2,17,19)(H,20,22)/t12-/m0/s1. The molecular weight excluding hydrogens is 278 g/mol. The summed E-state index contributed by atoms with van der Waals surface area (Å²) in [6, 6.07) is 10.3. The van der Waals surface area contributed by atoms with Gasteiger partial charge in [-0.05, 0) is 24.5 Å². The minimum atomic E-state index is -0.260. The third-order valence-corrected chi connectivity index (χ3v) is 3.90. The van der Waals surface area contributed by atoms with Gasteiger partial charge in [0.15, 0.2) is 11.5 Å². The number of nitrogens with two attached hydrogens (primary N) is 1. The Morgan fingerprint density at radius 2 is 2.05 bits per heavy atom. The predicted octanol–water partition coefficient (Wildman–Crippen LogP) is 1.32. The molecule has 114 valence electrons. The second-order valence-corrected chi connectivity index (χ2v) is 5.44. The van der Waals surface area contributed by atoms with E-state index in [1.54, 1.807) is 0 Å². The molecular formula is C16H19N5O. The fourth-order valence-corrected chi connectivity index (χ4v) is 2.72. The smallest absolute Gasteiger partial charge is 0.273 e. The second kappa shape index (κ2) is 6.43. The number of carbonyl (C=O) groups excluding carboxylic acids is 1. The van der Waals surface area contributed by atoms with Crippen LogP contribution in [-0.4, -0.2) is 35.5 Å². The number of hydrogen-bond donors (Lipinski definition) is 2. The lowest BCUT2D eigenvalue weighted by Gasteiger charge is -2.18. The van der Waals surface area contributed by atoms with E-state index in [0.29, 0.717) is 12.5 Å². The Morgan fingerprint density at radius 1 is 1.27 bits per heavy atom. The van der Waals surface area contributed by atoms with Crippen molar-refractivity contribution in [2.24, 2.45) is 5.92 Å². The van der Waals surface area contributed by atoms with Crippen molar-refractivity contribution >= 4 is 17.4 Å². The summed E-state index contributed by atoms with van der Waals surface area (Å²) in [7, 11) is 0. The van der Waals surface area contributed by atoms with Gasteiger partial charge in [-0.3, -0.25) is 4.79 Å². The van der Waals surface area contributed by atoms with Crippen molar-refractivity contribution in [2.45, 2.75) is 6.42 Å². The van der Waals surface area contributed by atoms with Crippen LogP contribution >= 0.6 is 0 Å². The van der Waals surface area contributed by atoms with Crippen molar-refractivity contribution in [3.05, 3.63) is 48.4 Å². The summed E-state index contributed by atoms with van der Waals surface area (Å²) >= 11 is 0. The van der Waals surface area contributed by atoms with Gasteiger partial charge in [-0.2, -0.15) is 0 Å². The summed E-state index contributed by atoms with van der Waals surface area (Å²) < 4.78 is 0. The number of anilines is 2. The minimum Gasteiger partial charge on any atom is -0.382 e. The number of nitrogen functional groups attached to an aromatic ring is 1. The minimum absolute atomic E-state index is 0.164. The Labute approximate surface area is 129 Å². The maximum Gasteiger partial charge on any atom is 0.273 e. The first-order valence-corrected chi connectivity index (χ1v) is 7.38. The summed E-state index contributed by atoms with van der Waals surface area (Å²) in [5.74, 6) is 0.336. The summed E-state index contributed by atoms with van der Waals surface area (Å²) in [6.45, 7) is 2.58. The van der Waals surface area contributed by atoms with Crippen LogP contribution < -0.4 is 16.0 Å². The zero-order valence-corrected chi connectivity index (χ0v) is 12.3. The number of carbonyl (C=O) groups is 1. The van der Waals surface area contributed by atoms with Gasteiger partial charge in [0.25, 0.3) is 5.91 Å². The molecule has 1 amide bonds. The van der Waals surface area contributed by atoms with E-state index in [1.165, 1.54) is 18.1 Å². The molecule has 0 aliphatic carbocycles. The summed E-state index contributed by atoms with van der Waals surface area (Å²) in [5.41, 5.74) is 7.09. The molecule has 3 rings (SSSR count). The maximum absolute atomic E-state index is 12.1. The normalized spacial score (nSPS) is 17.5. The molecule has 6 heteroatoms. The molecule has 0 bridgehead atoms. The second-order valence-electron chi connectivity index (χ2n) is 5.44. The van der Waals surface area contributed by atoms with Crippen LogP contribution in [0, 0.1) is 5.92 Å². The lowest BCUT2D eigenvalue weighted by atomic mass is 10.1. The van der Waals surface area contributed by atoms with E-state index in [9.17, 15) is 4.79 Å². The van der Waals surface area contributed by atoms with Crippen molar-refractivity contribution < 1.29 is 4.79 Å². The number of amides is 1. The van der Waals surface area contributed by atoms with E-state index in [4.69, 9.17) is 5.73 Å². The van der Waals surface area contributed by atoms with Crippen LogP contribution in [0.25, 0.3) is 0 Å². The van der Waals surface area contributed by atoms with Gasteiger partial charge < -0.3 is 16.0 Å². The van der Waals surface area contributed by atoms with E-state index in [1.807, 2.05) is 18.2 Å². The zero-order valence-electron chi connectivity index (χ0n) is 12.3. The first-order valence-electron chi connectivity index (χ1n) is 7.38. The van der Waals surface area contributed by atoms with Crippen molar-refractivity contribution in [3.63, 3.8) is 0 Å². The van der Waals surface area contributed by atoms with E-state index >= 15 is 0 Å². The molecule has 6 nitrogen and oxygen atoms in total. The molecule has 0 radical (unpaired) electrons. The number of aromatic nitrogens is 2. The molecule has 2 heterocycles. The van der Waals surface area contributed by atoms with Crippen LogP contribution in [0.1, 0.15) is 16.9 Å². The Balaban J connectivity index is 1.53. The van der Waals surface area contributed by atoms with E-state index in [-0.39, 0.29) is 17.4 Å². The molecule has 1 aromatic heterocycles. The highest BCUT2D eigenvalue weighted by molar-refractivity contribution is 5.96. The van der Waals surface area contributed by atoms with Gasteiger partial charge in [0, 0.05) is 37.7 Å². The first kappa shape index (κ1) is 14.3. The molecule has 0 unspecified atom stereocenters. The Hall–Kier alpha value is -2.63. The Kier molecular flexibility index (Phi) is 4.18. The third-order valence-electron chi connectivity index (χ3n) is 3.90. The van der Waals surface area contributed by atoms with E-state index < -0.39 is 0 Å². The highest BCUT2D eigenvalue weighted by atomic mass is 16.1. The number of nitrogens with one attached hydrogen (secondary N) is 1. The van der Waals surface area contributed by atoms with Crippen molar-refractivity contribution in [1.29, 1.82) is 0 Å². The Bertz CT molecular complexity index is 646. The summed E-state index contributed by atoms with van der Waals surface area (Å²) in [4.78, 5) is 22.3. The van der Waals surface area contributed by atoms with Gasteiger partial charge in [-0.15, -0.1) is 0 Å². The van der Waals surface area contributed by atoms with Crippen LogP contribution in [0.15, 0.2) is 42.7 Å². The molecule has 1 atom stereocenters. The number of nitrogens with zero attached hydrogens (tertiary/aromatic N) is 3. The van der Waals surface area contributed by atoms with Gasteiger partial charge in [-0.1, -0.05) is 18.2 Å². The summed E-state index contributed by atoms with van der Waals surface area (Å²) in [5, 5.41) is 2.91. The quantitative estimate of drug-likeness (QED) is 0.889. The lowest BCUT2D eigenvalue weighted by Crippen LogP contribution is -2.32. The van der Waals surface area contributed by atoms with Gasteiger partial charge in [0.05, 0.1) is 0 Å². The molecule has 22 heavy (non-hydrogen) atoms. The topological polar surface area (TPSA) is 84.1 Å². The van der Waals surface area contributed by atoms with Crippen molar-refractivity contribution in [3.8, 4) is 0 Å². The van der Waals surface area contributed by atoms with Gasteiger partial charge in [0.2, 0.25) is 0 Å². The molecule has 1 fully saturated rings. The fourth-order valence-electron chi connectivity index (χ4n) is 2.72. The molecule has 2 aromatic rings. The van der Waals surface area contributed by atoms with Crippen molar-refractivity contribution in [1.82, 2.24) is 15.3 Å². The molecule has 1 aromatic carbocycles. The maximum atomic E-state index is 12.1. The molecule has 0 spiro atoms. The molecule has 1 aliphatic heterocycles. The number of rotatable bonds is 4. The number of para-hydroxylation sites is 1. The largest absolute Gasteiger partial charge is 0.382 e. The molecule has 3 N–H and O–H groups in total. The SMILES string of the molecule is Nc1nccnc1C(=O)NC[C@@H]1CCN(c2ccccc2)C1. The fraction of sp³-hybridized carbons (Fsp3) is 0.312. The molecule has 1 saturated heterocycles. The van der Waals surface area contributed by atoms with Crippen LogP contribution in [0.3, 0.4) is 0 Å². The zero-order chi connectivity index (χ0) is 15.4. The van der Waals surface area contributed by atoms with E-state index in [0.717, 1.165) is 19.5 Å². The van der Waals surface area contributed by atoms with Gasteiger partial charge in [0.1, 0.15) is 0 Å². The Morgan fingerprint density at radius 3 is 2.82 bits per heavy atom. The lowest BCUT2D eigenvalue weighted by molar-refractivity contribution is 0.0944. The molecule has 1 aliphatic rings. The highest BCUT2D eigenvalue weighted by Gasteiger charge is 2.23. The first-order chi connectivity index (χ1) is 10.7. The number of benzene rings is 1. The monoisotopic (exact) mass is 297 g/mol. The summed E-state index contributed by atoms with van der Waals surface area (Å²) in [6.07, 6.45) is 4.00. The predicted molar refractivity (Wildman–Crippen MR) is 85.5 cm³/mol. The molecule has 0 saturated carbocycles. The average molecular weight is 297 g/mol. The highest BCUT2D eigenvalue weighted by Crippen LogP contribution is 2.23. The average Bonchev–Trinajstić information content (AvgIpc) is 3.03. The third kappa shape index (κ3) is 3.16. The van der Waals surface area contributed by atoms with Crippen LogP contribution in [0.5, 0.6) is 0 Å². The van der Waals surface area contributed by atoms with Crippen LogP contribution in [0.4, 0.5) is 11.5 Å². The van der Waals surface area contributed by atoms with Gasteiger partial charge in [-0.25, -0.2) is 9.97 Å². The van der Waals surface area contributed by atoms with Gasteiger partial charge >= 0.3 is 0 Å². The van der Waals surface area contributed by atoms with Crippen LogP contribution in [-0.2, 0) is 0 Å². The van der Waals surface area contributed by atoms with E-state index in [2.05, 4.69) is 32.3 Å². The number of hydrogen-bond acceptors (Lipinski definition) is 5.